The number of carbonyl (C=O) groups is 1. The monoisotopic (exact) mass is 391 g/mol. The van der Waals surface area contributed by atoms with Gasteiger partial charge in [-0.15, -0.1) is 0 Å². The van der Waals surface area contributed by atoms with Gasteiger partial charge in [0.1, 0.15) is 0 Å². The van der Waals surface area contributed by atoms with Crippen LogP contribution in [0.15, 0.2) is 60.7 Å². The molecule has 0 aliphatic heterocycles. The van der Waals surface area contributed by atoms with E-state index in [1.54, 1.807) is 0 Å². The molecule has 3 aromatic rings. The number of hydrogen-bond donors (Lipinski definition) is 2. The van der Waals surface area contributed by atoms with E-state index in [2.05, 4.69) is 22.5 Å². The van der Waals surface area contributed by atoms with Crippen molar-refractivity contribution in [1.82, 2.24) is 15.1 Å². The average molecular weight is 392 g/mol. The van der Waals surface area contributed by atoms with Crippen LogP contribution in [-0.2, 0) is 6.54 Å². The fourth-order valence-corrected chi connectivity index (χ4v) is 3.60. The van der Waals surface area contributed by atoms with Crippen LogP contribution in [-0.4, -0.2) is 33.3 Å². The zero-order valence-electron chi connectivity index (χ0n) is 17.3. The standard InChI is InChI=1S/C24H29N3O2/c1-17-23(19(3)27(26-17)16-20-10-6-4-7-11-20)22(28)14-15-25-18(2)24(29)21-12-8-5-9-13-21/h4-13,18,24-25,29H,14-16H2,1-3H3. The first-order valence-corrected chi connectivity index (χ1v) is 10.0. The maximum atomic E-state index is 12.8. The van der Waals surface area contributed by atoms with Crippen LogP contribution in [0, 0.1) is 13.8 Å². The van der Waals surface area contributed by atoms with Crippen LogP contribution in [0.3, 0.4) is 0 Å². The smallest absolute Gasteiger partial charge is 0.167 e. The molecule has 0 aliphatic carbocycles. The number of carbonyl (C=O) groups excluding carboxylic acids is 1. The first-order chi connectivity index (χ1) is 14.0. The molecule has 2 N–H and O–H groups in total. The lowest BCUT2D eigenvalue weighted by Gasteiger charge is -2.20. The van der Waals surface area contributed by atoms with Gasteiger partial charge in [0.15, 0.2) is 5.78 Å². The highest BCUT2D eigenvalue weighted by atomic mass is 16.3. The molecule has 0 fully saturated rings. The summed E-state index contributed by atoms with van der Waals surface area (Å²) in [5.74, 6) is 0.0770. The van der Waals surface area contributed by atoms with Gasteiger partial charge in [-0.1, -0.05) is 60.7 Å². The summed E-state index contributed by atoms with van der Waals surface area (Å²) < 4.78 is 1.90. The summed E-state index contributed by atoms with van der Waals surface area (Å²) in [7, 11) is 0. The van der Waals surface area contributed by atoms with Crippen LogP contribution in [0.2, 0.25) is 0 Å². The van der Waals surface area contributed by atoms with Gasteiger partial charge in [0.25, 0.3) is 0 Å². The van der Waals surface area contributed by atoms with Crippen molar-refractivity contribution in [2.75, 3.05) is 6.54 Å². The molecule has 0 spiro atoms. The molecule has 29 heavy (non-hydrogen) atoms. The second-order valence-electron chi connectivity index (χ2n) is 7.46. The van der Waals surface area contributed by atoms with Crippen LogP contribution in [0.5, 0.6) is 0 Å². The molecule has 3 rings (SSSR count). The molecule has 0 aliphatic rings. The highest BCUT2D eigenvalue weighted by molar-refractivity contribution is 5.98. The van der Waals surface area contributed by atoms with Gasteiger partial charge in [0, 0.05) is 24.7 Å². The summed E-state index contributed by atoms with van der Waals surface area (Å²) in [4.78, 5) is 12.8. The Morgan fingerprint density at radius 1 is 1.07 bits per heavy atom. The number of Topliss-reactive ketones (excluding diaryl/α,β-unsaturated/α-hetero) is 1. The summed E-state index contributed by atoms with van der Waals surface area (Å²) in [5.41, 5.74) is 4.39. The van der Waals surface area contributed by atoms with Crippen molar-refractivity contribution in [3.8, 4) is 0 Å². The van der Waals surface area contributed by atoms with Gasteiger partial charge >= 0.3 is 0 Å². The quantitative estimate of drug-likeness (QED) is 0.544. The minimum Gasteiger partial charge on any atom is -0.387 e. The number of nitrogens with one attached hydrogen (secondary N) is 1. The second kappa shape index (κ2) is 9.63. The Morgan fingerprint density at radius 2 is 1.69 bits per heavy atom. The van der Waals surface area contributed by atoms with Crippen LogP contribution < -0.4 is 5.32 Å². The third-order valence-corrected chi connectivity index (χ3v) is 5.27. The van der Waals surface area contributed by atoms with Crippen molar-refractivity contribution in [2.45, 2.75) is 45.9 Å². The molecule has 1 heterocycles. The molecular formula is C24H29N3O2. The lowest BCUT2D eigenvalue weighted by atomic mass is 10.0. The van der Waals surface area contributed by atoms with E-state index in [1.165, 1.54) is 0 Å². The molecule has 152 valence electrons. The molecule has 2 atom stereocenters. The Balaban J connectivity index is 1.58. The second-order valence-corrected chi connectivity index (χ2v) is 7.46. The van der Waals surface area contributed by atoms with E-state index in [0.29, 0.717) is 25.1 Å². The largest absolute Gasteiger partial charge is 0.387 e. The van der Waals surface area contributed by atoms with Gasteiger partial charge in [-0.25, -0.2) is 0 Å². The molecule has 0 amide bonds. The fraction of sp³-hybridized carbons (Fsp3) is 0.333. The Bertz CT molecular complexity index is 936. The maximum absolute atomic E-state index is 12.8. The Labute approximate surface area is 172 Å². The Kier molecular flexibility index (Phi) is 6.96. The lowest BCUT2D eigenvalue weighted by Crippen LogP contribution is -2.33. The first kappa shape index (κ1) is 21.0. The zero-order valence-corrected chi connectivity index (χ0v) is 17.3. The first-order valence-electron chi connectivity index (χ1n) is 10.0. The number of ketones is 1. The van der Waals surface area contributed by atoms with Gasteiger partial charge in [-0.05, 0) is 31.9 Å². The number of rotatable bonds is 9. The molecule has 0 radical (unpaired) electrons. The van der Waals surface area contributed by atoms with Crippen LogP contribution in [0.1, 0.15) is 52.3 Å². The summed E-state index contributed by atoms with van der Waals surface area (Å²) in [5, 5.41) is 18.3. The van der Waals surface area contributed by atoms with Crippen molar-refractivity contribution in [1.29, 1.82) is 0 Å². The number of benzene rings is 2. The minimum absolute atomic E-state index is 0.0770. The lowest BCUT2D eigenvalue weighted by molar-refractivity contribution is 0.0971. The minimum atomic E-state index is -0.608. The Morgan fingerprint density at radius 3 is 2.34 bits per heavy atom. The number of nitrogens with zero attached hydrogens (tertiary/aromatic N) is 2. The zero-order chi connectivity index (χ0) is 20.8. The summed E-state index contributed by atoms with van der Waals surface area (Å²) in [6.45, 7) is 6.92. The summed E-state index contributed by atoms with van der Waals surface area (Å²) in [6.07, 6.45) is -0.242. The molecule has 0 bridgehead atoms. The van der Waals surface area contributed by atoms with E-state index in [-0.39, 0.29) is 11.8 Å². The molecule has 0 saturated carbocycles. The van der Waals surface area contributed by atoms with Crippen LogP contribution in [0.4, 0.5) is 0 Å². The van der Waals surface area contributed by atoms with Gasteiger partial charge in [-0.3, -0.25) is 9.48 Å². The van der Waals surface area contributed by atoms with Gasteiger partial charge < -0.3 is 10.4 Å². The molecule has 2 unspecified atom stereocenters. The molecule has 2 aromatic carbocycles. The van der Waals surface area contributed by atoms with E-state index in [9.17, 15) is 9.90 Å². The molecular weight excluding hydrogens is 362 g/mol. The van der Waals surface area contributed by atoms with E-state index in [4.69, 9.17) is 0 Å². The van der Waals surface area contributed by atoms with E-state index >= 15 is 0 Å². The predicted octanol–water partition coefficient (Wildman–Crippen LogP) is 3.83. The molecule has 1 aromatic heterocycles. The predicted molar refractivity (Wildman–Crippen MR) is 115 cm³/mol. The summed E-state index contributed by atoms with van der Waals surface area (Å²) in [6, 6.07) is 19.5. The molecule has 5 heteroatoms. The van der Waals surface area contributed by atoms with E-state index in [1.807, 2.05) is 74.0 Å². The van der Waals surface area contributed by atoms with Gasteiger partial charge in [-0.2, -0.15) is 5.10 Å². The molecule has 5 nitrogen and oxygen atoms in total. The van der Waals surface area contributed by atoms with Crippen molar-refractivity contribution in [3.63, 3.8) is 0 Å². The van der Waals surface area contributed by atoms with Gasteiger partial charge in [0.2, 0.25) is 0 Å². The van der Waals surface area contributed by atoms with Crippen LogP contribution in [0.25, 0.3) is 0 Å². The van der Waals surface area contributed by atoms with Gasteiger partial charge in [0.05, 0.1) is 23.9 Å². The van der Waals surface area contributed by atoms with E-state index in [0.717, 1.165) is 22.5 Å². The maximum Gasteiger partial charge on any atom is 0.167 e. The molecule has 0 saturated heterocycles. The fourth-order valence-electron chi connectivity index (χ4n) is 3.60. The number of aliphatic hydroxyl groups excluding tert-OH is 1. The summed E-state index contributed by atoms with van der Waals surface area (Å²) >= 11 is 0. The third-order valence-electron chi connectivity index (χ3n) is 5.27. The highest BCUT2D eigenvalue weighted by Crippen LogP contribution is 2.18. The topological polar surface area (TPSA) is 67.2 Å². The number of aliphatic hydroxyl groups is 1. The van der Waals surface area contributed by atoms with Crippen molar-refractivity contribution in [2.24, 2.45) is 0 Å². The number of hydrogen-bond acceptors (Lipinski definition) is 4. The number of aromatic nitrogens is 2. The van der Waals surface area contributed by atoms with Crippen LogP contribution >= 0.6 is 0 Å². The average Bonchev–Trinajstić information content (AvgIpc) is 3.01. The SMILES string of the molecule is Cc1nn(Cc2ccccc2)c(C)c1C(=O)CCNC(C)C(O)c1ccccc1. The normalized spacial score (nSPS) is 13.2. The van der Waals surface area contributed by atoms with Crippen molar-refractivity contribution in [3.05, 3.63) is 88.7 Å². The third kappa shape index (κ3) is 5.19. The Hall–Kier alpha value is -2.76. The highest BCUT2D eigenvalue weighted by Gasteiger charge is 2.20. The van der Waals surface area contributed by atoms with Crippen molar-refractivity contribution >= 4 is 5.78 Å². The number of aryl methyl sites for hydroxylation is 1. The van der Waals surface area contributed by atoms with Crippen molar-refractivity contribution < 1.29 is 9.90 Å². The van der Waals surface area contributed by atoms with E-state index < -0.39 is 6.10 Å².